The topological polar surface area (TPSA) is 38.3 Å². The van der Waals surface area contributed by atoms with Gasteiger partial charge in [0.15, 0.2) is 0 Å². The molecule has 1 amide bonds. The van der Waals surface area contributed by atoms with Crippen LogP contribution >= 0.6 is 0 Å². The number of carbonyl (C=O) groups excluding carboxylic acids is 1. The lowest BCUT2D eigenvalue weighted by atomic mass is 10.1. The fraction of sp³-hybridized carbons (Fsp3) is 0.188. The summed E-state index contributed by atoms with van der Waals surface area (Å²) >= 11 is 0. The first-order valence-electron chi connectivity index (χ1n) is 6.72. The summed E-state index contributed by atoms with van der Waals surface area (Å²) in [6.45, 7) is 0.155. The van der Waals surface area contributed by atoms with Crippen LogP contribution in [0.1, 0.15) is 15.9 Å². The van der Waals surface area contributed by atoms with Gasteiger partial charge in [-0.1, -0.05) is 24.3 Å². The van der Waals surface area contributed by atoms with E-state index in [1.165, 1.54) is 42.5 Å². The van der Waals surface area contributed by atoms with Crippen LogP contribution in [0.3, 0.4) is 0 Å². The van der Waals surface area contributed by atoms with Crippen molar-refractivity contribution in [2.45, 2.75) is 12.8 Å². The van der Waals surface area contributed by atoms with Crippen LogP contribution in [-0.4, -0.2) is 18.8 Å². The van der Waals surface area contributed by atoms with Crippen LogP contribution in [0.25, 0.3) is 0 Å². The minimum atomic E-state index is -4.75. The predicted molar refractivity (Wildman–Crippen MR) is 75.6 cm³/mol. The number of hydrogen-bond acceptors (Lipinski definition) is 2. The van der Waals surface area contributed by atoms with Crippen LogP contribution < -0.4 is 10.1 Å². The van der Waals surface area contributed by atoms with Crippen molar-refractivity contribution < 1.29 is 27.1 Å². The van der Waals surface area contributed by atoms with E-state index in [9.17, 15) is 22.4 Å². The molecule has 3 nitrogen and oxygen atoms in total. The highest BCUT2D eigenvalue weighted by Gasteiger charge is 2.31. The Bertz CT molecular complexity index is 686. The molecule has 0 heterocycles. The van der Waals surface area contributed by atoms with Crippen molar-refractivity contribution in [1.82, 2.24) is 5.32 Å². The summed E-state index contributed by atoms with van der Waals surface area (Å²) in [5.41, 5.74) is 0.474. The van der Waals surface area contributed by atoms with Crippen molar-refractivity contribution in [3.05, 3.63) is 65.5 Å². The van der Waals surface area contributed by atoms with E-state index in [1.807, 2.05) is 0 Å². The second kappa shape index (κ2) is 7.13. The lowest BCUT2D eigenvalue weighted by molar-refractivity contribution is -0.274. The molecule has 1 N–H and O–H groups in total. The molecular formula is C16H13F4NO2. The largest absolute Gasteiger partial charge is 0.573 e. The zero-order valence-electron chi connectivity index (χ0n) is 11.9. The number of ether oxygens (including phenoxy) is 1. The molecular weight excluding hydrogens is 314 g/mol. The molecule has 0 aliphatic heterocycles. The smallest absolute Gasteiger partial charge is 0.406 e. The molecule has 2 rings (SSSR count). The molecule has 0 aliphatic carbocycles. The average Bonchev–Trinajstić information content (AvgIpc) is 2.46. The van der Waals surface area contributed by atoms with Crippen molar-refractivity contribution in [2.24, 2.45) is 0 Å². The van der Waals surface area contributed by atoms with Gasteiger partial charge in [0.05, 0.1) is 5.56 Å². The first kappa shape index (κ1) is 16.8. The summed E-state index contributed by atoms with van der Waals surface area (Å²) in [6, 6.07) is 11.0. The molecule has 2 aromatic carbocycles. The molecule has 0 atom stereocenters. The van der Waals surface area contributed by atoms with Crippen molar-refractivity contribution in [2.75, 3.05) is 6.54 Å². The van der Waals surface area contributed by atoms with E-state index < -0.39 is 18.1 Å². The number of halogens is 4. The summed E-state index contributed by atoms with van der Waals surface area (Å²) in [7, 11) is 0. The Morgan fingerprint density at radius 3 is 2.52 bits per heavy atom. The Labute approximate surface area is 129 Å². The summed E-state index contributed by atoms with van der Waals surface area (Å²) in [4.78, 5) is 11.8. The molecule has 0 aromatic heterocycles. The molecule has 0 fully saturated rings. The molecule has 0 spiro atoms. The van der Waals surface area contributed by atoms with Gasteiger partial charge in [-0.2, -0.15) is 0 Å². The molecule has 0 unspecified atom stereocenters. The number of hydrogen-bond donors (Lipinski definition) is 1. The number of benzene rings is 2. The molecule has 0 saturated carbocycles. The minimum absolute atomic E-state index is 0.0818. The monoisotopic (exact) mass is 327 g/mol. The number of nitrogens with one attached hydrogen (secondary N) is 1. The first-order chi connectivity index (χ1) is 10.8. The third-order valence-electron chi connectivity index (χ3n) is 2.95. The zero-order valence-corrected chi connectivity index (χ0v) is 11.9. The summed E-state index contributed by atoms with van der Waals surface area (Å²) in [5, 5.41) is 2.51. The van der Waals surface area contributed by atoms with Gasteiger partial charge in [0.2, 0.25) is 0 Å². The summed E-state index contributed by atoms with van der Waals surface area (Å²) < 4.78 is 53.7. The molecule has 0 saturated heterocycles. The molecule has 0 bridgehead atoms. The van der Waals surface area contributed by atoms with E-state index in [1.54, 1.807) is 6.07 Å². The number of rotatable bonds is 5. The SMILES string of the molecule is O=C(NCCc1cccc(OC(F)(F)F)c1)c1ccccc1F. The molecule has 122 valence electrons. The third-order valence-corrected chi connectivity index (χ3v) is 2.95. The Balaban J connectivity index is 1.90. The maximum absolute atomic E-state index is 13.4. The summed E-state index contributed by atoms with van der Waals surface area (Å²) in [6.07, 6.45) is -4.47. The Morgan fingerprint density at radius 2 is 1.83 bits per heavy atom. The number of amides is 1. The molecule has 23 heavy (non-hydrogen) atoms. The van der Waals surface area contributed by atoms with Gasteiger partial charge >= 0.3 is 6.36 Å². The van der Waals surface area contributed by atoms with Gasteiger partial charge in [0, 0.05) is 6.54 Å². The molecule has 0 aliphatic rings. The average molecular weight is 327 g/mol. The van der Waals surface area contributed by atoms with E-state index in [2.05, 4.69) is 10.1 Å². The number of carbonyl (C=O) groups is 1. The van der Waals surface area contributed by atoms with Gasteiger partial charge in [-0.05, 0) is 36.2 Å². The zero-order chi connectivity index (χ0) is 16.9. The molecule has 0 radical (unpaired) electrons. The maximum atomic E-state index is 13.4. The molecule has 2 aromatic rings. The van der Waals surface area contributed by atoms with Crippen molar-refractivity contribution >= 4 is 5.91 Å². The maximum Gasteiger partial charge on any atom is 0.573 e. The van der Waals surface area contributed by atoms with Crippen molar-refractivity contribution in [1.29, 1.82) is 0 Å². The highest BCUT2D eigenvalue weighted by Crippen LogP contribution is 2.23. The van der Waals surface area contributed by atoms with Gasteiger partial charge in [-0.15, -0.1) is 13.2 Å². The Kier molecular flexibility index (Phi) is 5.20. The van der Waals surface area contributed by atoms with E-state index in [0.717, 1.165) is 0 Å². The quantitative estimate of drug-likeness (QED) is 0.851. The standard InChI is InChI=1S/C16H13F4NO2/c17-14-7-2-1-6-13(14)15(22)21-9-8-11-4-3-5-12(10-11)23-16(18,19)20/h1-7,10H,8-9H2,(H,21,22). The van der Waals surface area contributed by atoms with Gasteiger partial charge in [0.25, 0.3) is 5.91 Å². The van der Waals surface area contributed by atoms with Crippen LogP contribution in [0.5, 0.6) is 5.75 Å². The molecule has 7 heteroatoms. The van der Waals surface area contributed by atoms with Crippen LogP contribution in [0.15, 0.2) is 48.5 Å². The fourth-order valence-electron chi connectivity index (χ4n) is 1.96. The lowest BCUT2D eigenvalue weighted by Crippen LogP contribution is -2.26. The van der Waals surface area contributed by atoms with Crippen LogP contribution in [-0.2, 0) is 6.42 Å². The highest BCUT2D eigenvalue weighted by atomic mass is 19.4. The Hall–Kier alpha value is -2.57. The van der Waals surface area contributed by atoms with E-state index in [0.29, 0.717) is 5.56 Å². The fourth-order valence-corrected chi connectivity index (χ4v) is 1.96. The van der Waals surface area contributed by atoms with Crippen molar-refractivity contribution in [3.8, 4) is 5.75 Å². The van der Waals surface area contributed by atoms with E-state index in [-0.39, 0.29) is 24.3 Å². The summed E-state index contributed by atoms with van der Waals surface area (Å²) in [5.74, 6) is -1.54. The second-order valence-corrected chi connectivity index (χ2v) is 4.68. The van der Waals surface area contributed by atoms with Gasteiger partial charge in [-0.3, -0.25) is 4.79 Å². The number of alkyl halides is 3. The van der Waals surface area contributed by atoms with Gasteiger partial charge in [0.1, 0.15) is 11.6 Å². The lowest BCUT2D eigenvalue weighted by Gasteiger charge is -2.10. The van der Waals surface area contributed by atoms with Crippen molar-refractivity contribution in [3.63, 3.8) is 0 Å². The van der Waals surface area contributed by atoms with Crippen LogP contribution in [0.4, 0.5) is 17.6 Å². The second-order valence-electron chi connectivity index (χ2n) is 4.68. The predicted octanol–water partition coefficient (Wildman–Crippen LogP) is 3.70. The van der Waals surface area contributed by atoms with Gasteiger partial charge < -0.3 is 10.1 Å². The minimum Gasteiger partial charge on any atom is -0.406 e. The highest BCUT2D eigenvalue weighted by molar-refractivity contribution is 5.94. The Morgan fingerprint density at radius 1 is 1.09 bits per heavy atom. The third kappa shape index (κ3) is 5.28. The van der Waals surface area contributed by atoms with E-state index >= 15 is 0 Å². The van der Waals surface area contributed by atoms with Crippen LogP contribution in [0.2, 0.25) is 0 Å². The van der Waals surface area contributed by atoms with Gasteiger partial charge in [-0.25, -0.2) is 4.39 Å². The first-order valence-corrected chi connectivity index (χ1v) is 6.72. The van der Waals surface area contributed by atoms with E-state index in [4.69, 9.17) is 0 Å². The normalized spacial score (nSPS) is 11.1. The van der Waals surface area contributed by atoms with Crippen LogP contribution in [0, 0.1) is 5.82 Å².